The molecule has 5 fully saturated rings. The van der Waals surface area contributed by atoms with Gasteiger partial charge in [0.1, 0.15) is 5.60 Å². The summed E-state index contributed by atoms with van der Waals surface area (Å²) in [5.41, 5.74) is 1.63. The third-order valence-corrected chi connectivity index (χ3v) is 12.6. The van der Waals surface area contributed by atoms with Crippen LogP contribution in [0.5, 0.6) is 0 Å². The number of carbonyl (C=O) groups excluding carboxylic acids is 1. The van der Waals surface area contributed by atoms with Crippen molar-refractivity contribution in [3.05, 3.63) is 82.9 Å². The molecule has 0 amide bonds. The maximum absolute atomic E-state index is 12.7. The molecule has 6 aliphatic rings. The number of fused-ring (bicyclic) bond motifs is 3. The largest absolute Gasteiger partial charge is 0.480 e. The van der Waals surface area contributed by atoms with Crippen LogP contribution in [0.3, 0.4) is 0 Å². The molecule has 0 aromatic heterocycles. The number of aliphatic carboxylic acids is 1. The molecule has 55 heavy (non-hydrogen) atoms. The van der Waals surface area contributed by atoms with Crippen molar-refractivity contribution in [2.24, 2.45) is 5.41 Å². The van der Waals surface area contributed by atoms with Crippen molar-refractivity contribution >= 4 is 11.9 Å². The summed E-state index contributed by atoms with van der Waals surface area (Å²) in [4.78, 5) is 32.2. The van der Waals surface area contributed by atoms with Crippen molar-refractivity contribution in [1.29, 1.82) is 0 Å². The van der Waals surface area contributed by atoms with Gasteiger partial charge in [-0.2, -0.15) is 0 Å². The molecule has 0 spiro atoms. The predicted octanol–water partition coefficient (Wildman–Crippen LogP) is 2.56. The maximum atomic E-state index is 12.7. The average molecular weight is 761 g/mol. The summed E-state index contributed by atoms with van der Waals surface area (Å²) in [6, 6.07) is 21.1. The van der Waals surface area contributed by atoms with Crippen LogP contribution in [0.4, 0.5) is 0 Å². The molecule has 302 valence electrons. The maximum Gasteiger partial charge on any atom is 0.343 e. The first-order valence-corrected chi connectivity index (χ1v) is 20.5. The van der Waals surface area contributed by atoms with E-state index in [9.17, 15) is 19.8 Å². The number of carbonyl (C=O) groups is 2. The van der Waals surface area contributed by atoms with Gasteiger partial charge < -0.3 is 30.7 Å². The van der Waals surface area contributed by atoms with Gasteiger partial charge in [0.15, 0.2) is 6.10 Å². The van der Waals surface area contributed by atoms with Crippen molar-refractivity contribution in [2.75, 3.05) is 91.6 Å². The van der Waals surface area contributed by atoms with Crippen LogP contribution in [0.2, 0.25) is 0 Å². The lowest BCUT2D eigenvalue weighted by atomic mass is 9.57. The van der Waals surface area contributed by atoms with Crippen molar-refractivity contribution in [2.45, 2.75) is 76.3 Å². The SMILES string of the molecule is CC1=C2C3OC(=O)C(O)(CN4CCNCC4)C3(O)CCC2(C)CCC1.O=C(O)CN1CCN(Cc2ccccc2)CC1.c1ccc(CN2CCNCC2)cc1. The van der Waals surface area contributed by atoms with E-state index in [2.05, 4.69) is 88.9 Å². The number of ether oxygens (including phenoxy) is 1. The topological polar surface area (TPSA) is 141 Å². The molecule has 4 heterocycles. The minimum absolute atomic E-state index is 0.0280. The Balaban J connectivity index is 0.000000149. The summed E-state index contributed by atoms with van der Waals surface area (Å²) in [6.07, 6.45) is 3.65. The molecule has 2 aliphatic carbocycles. The summed E-state index contributed by atoms with van der Waals surface area (Å²) >= 11 is 0. The molecule has 8 rings (SSSR count). The lowest BCUT2D eigenvalue weighted by Crippen LogP contribution is -2.66. The van der Waals surface area contributed by atoms with E-state index in [-0.39, 0.29) is 18.5 Å². The highest BCUT2D eigenvalue weighted by atomic mass is 16.6. The quantitative estimate of drug-likeness (QED) is 0.200. The van der Waals surface area contributed by atoms with Gasteiger partial charge >= 0.3 is 11.9 Å². The standard InChI is InChI=1S/C19H30N2O4.C13H18N2O2.C11H16N2/c1-13-4-3-5-17(2)6-7-18(23)15(14(13)17)25-16(22)19(18,24)12-21-10-8-20-9-11-21;16-13(17)11-15-8-6-14(7-9-15)10-12-4-2-1-3-5-12;1-2-4-11(5-3-1)10-13-8-6-12-7-9-13/h15,20,23-24H,3-12H2,1-2H3;1-5H,6-11H2,(H,16,17);1-5,12H,6-10H2. The van der Waals surface area contributed by atoms with Crippen LogP contribution in [0.1, 0.15) is 57.1 Å². The number of hydrogen-bond donors (Lipinski definition) is 5. The lowest BCUT2D eigenvalue weighted by molar-refractivity contribution is -0.173. The van der Waals surface area contributed by atoms with Gasteiger partial charge in [0.25, 0.3) is 0 Å². The monoisotopic (exact) mass is 760 g/mol. The Morgan fingerprint density at radius 2 is 1.25 bits per heavy atom. The number of β-amino-alcohol motifs (C(OH)–C–C–N with tert-alkyl or cyclic N) is 1. The van der Waals surface area contributed by atoms with E-state index >= 15 is 0 Å². The summed E-state index contributed by atoms with van der Waals surface area (Å²) in [7, 11) is 0. The third-order valence-electron chi connectivity index (χ3n) is 12.6. The van der Waals surface area contributed by atoms with Gasteiger partial charge in [-0.25, -0.2) is 4.79 Å². The number of esters is 1. The Morgan fingerprint density at radius 3 is 1.80 bits per heavy atom. The van der Waals surface area contributed by atoms with E-state index in [1.807, 2.05) is 15.9 Å². The predicted molar refractivity (Wildman–Crippen MR) is 213 cm³/mol. The summed E-state index contributed by atoms with van der Waals surface area (Å²) in [6.45, 7) is 18.0. The number of nitrogens with one attached hydrogen (secondary N) is 2. The van der Waals surface area contributed by atoms with Crippen LogP contribution >= 0.6 is 0 Å². The van der Waals surface area contributed by atoms with Crippen molar-refractivity contribution in [1.82, 2.24) is 30.2 Å². The Labute approximate surface area is 327 Å². The zero-order valence-electron chi connectivity index (χ0n) is 33.1. The second kappa shape index (κ2) is 18.8. The van der Waals surface area contributed by atoms with E-state index in [0.29, 0.717) is 6.42 Å². The number of allylic oxidation sites excluding steroid dienone is 1. The van der Waals surface area contributed by atoms with E-state index in [4.69, 9.17) is 9.84 Å². The number of hydrogen-bond acceptors (Lipinski definition) is 11. The number of rotatable bonds is 8. The first-order valence-electron chi connectivity index (χ1n) is 20.5. The fourth-order valence-electron chi connectivity index (χ4n) is 9.37. The number of piperazine rings is 3. The van der Waals surface area contributed by atoms with Gasteiger partial charge in [-0.3, -0.25) is 24.4 Å². The minimum atomic E-state index is -1.85. The fourth-order valence-corrected chi connectivity index (χ4v) is 9.37. The normalized spacial score (nSPS) is 30.5. The third kappa shape index (κ3) is 10.2. The van der Waals surface area contributed by atoms with E-state index in [0.717, 1.165) is 110 Å². The van der Waals surface area contributed by atoms with Crippen LogP contribution < -0.4 is 10.6 Å². The van der Waals surface area contributed by atoms with Gasteiger partial charge in [-0.05, 0) is 61.1 Å². The number of carboxylic acid groups (broad SMARTS) is 1. The van der Waals surface area contributed by atoms with E-state index in [1.54, 1.807) is 0 Å². The molecule has 12 nitrogen and oxygen atoms in total. The molecule has 0 radical (unpaired) electrons. The molecule has 5 N–H and O–H groups in total. The van der Waals surface area contributed by atoms with Crippen LogP contribution in [-0.2, 0) is 27.4 Å². The van der Waals surface area contributed by atoms with Crippen LogP contribution in [0.25, 0.3) is 0 Å². The van der Waals surface area contributed by atoms with Gasteiger partial charge in [0, 0.05) is 98.2 Å². The summed E-state index contributed by atoms with van der Waals surface area (Å²) in [5, 5.41) is 38.2. The Hall–Kier alpha value is -3.20. The number of carboxylic acids is 1. The minimum Gasteiger partial charge on any atom is -0.480 e. The Bertz CT molecular complexity index is 1580. The molecule has 4 unspecified atom stereocenters. The zero-order valence-corrected chi connectivity index (χ0v) is 33.1. The van der Waals surface area contributed by atoms with Crippen LogP contribution in [0.15, 0.2) is 71.8 Å². The summed E-state index contributed by atoms with van der Waals surface area (Å²) in [5.74, 6) is -1.39. The summed E-state index contributed by atoms with van der Waals surface area (Å²) < 4.78 is 5.69. The molecule has 0 bridgehead atoms. The molecule has 2 aromatic rings. The number of benzene rings is 2. The van der Waals surface area contributed by atoms with Gasteiger partial charge in [-0.15, -0.1) is 0 Å². The molecule has 4 saturated heterocycles. The van der Waals surface area contributed by atoms with Gasteiger partial charge in [-0.1, -0.05) is 73.2 Å². The second-order valence-electron chi connectivity index (χ2n) is 16.6. The van der Waals surface area contributed by atoms with Gasteiger partial charge in [0.2, 0.25) is 5.60 Å². The van der Waals surface area contributed by atoms with Crippen LogP contribution in [-0.4, -0.2) is 156 Å². The highest BCUT2D eigenvalue weighted by molar-refractivity contribution is 5.85. The molecule has 4 atom stereocenters. The number of aliphatic hydroxyl groups is 2. The highest BCUT2D eigenvalue weighted by Gasteiger charge is 2.71. The molecular formula is C43H64N6O6. The van der Waals surface area contributed by atoms with Crippen LogP contribution in [0, 0.1) is 5.41 Å². The zero-order chi connectivity index (χ0) is 38.9. The Kier molecular flexibility index (Phi) is 14.2. The molecule has 2 aromatic carbocycles. The molecule has 12 heteroatoms. The first kappa shape index (κ1) is 41.4. The Morgan fingerprint density at radius 1 is 0.745 bits per heavy atom. The number of nitrogens with zero attached hydrogens (tertiary/aromatic N) is 4. The molecule has 1 saturated carbocycles. The van der Waals surface area contributed by atoms with Gasteiger partial charge in [0.05, 0.1) is 6.54 Å². The average Bonchev–Trinajstić information content (AvgIpc) is 3.38. The second-order valence-corrected chi connectivity index (χ2v) is 16.6. The highest BCUT2D eigenvalue weighted by Crippen LogP contribution is 2.58. The van der Waals surface area contributed by atoms with Crippen molar-refractivity contribution in [3.63, 3.8) is 0 Å². The molecule has 4 aliphatic heterocycles. The van der Waals surface area contributed by atoms with Crippen molar-refractivity contribution in [3.8, 4) is 0 Å². The molecular weight excluding hydrogens is 697 g/mol. The smallest absolute Gasteiger partial charge is 0.343 e. The first-order chi connectivity index (χ1) is 26.5. The van der Waals surface area contributed by atoms with Crippen molar-refractivity contribution < 1.29 is 29.6 Å². The lowest BCUT2D eigenvalue weighted by Gasteiger charge is -2.51. The van der Waals surface area contributed by atoms with E-state index in [1.165, 1.54) is 29.8 Å². The fraction of sp³-hybridized carbons (Fsp3) is 0.628. The van der Waals surface area contributed by atoms with E-state index < -0.39 is 29.2 Å².